The summed E-state index contributed by atoms with van der Waals surface area (Å²) in [7, 11) is 1.63. The first-order valence-corrected chi connectivity index (χ1v) is 5.58. The molecule has 2 N–H and O–H groups in total. The number of anilines is 1. The Hall–Kier alpha value is -1.36. The molecule has 0 saturated carbocycles. The fourth-order valence-corrected chi connectivity index (χ4v) is 2.06. The Balaban J connectivity index is 2.20. The lowest BCUT2D eigenvalue weighted by atomic mass is 10.1. The molecule has 1 saturated heterocycles. The van der Waals surface area contributed by atoms with Crippen molar-refractivity contribution < 1.29 is 4.74 Å². The second kappa shape index (κ2) is 4.65. The van der Waals surface area contributed by atoms with Crippen LogP contribution in [0.3, 0.4) is 0 Å². The standard InChI is InChI=1S/C11H18N4O/c1-8-10(13-7-14-11(8)16-2)15-5-3-9(12)4-6-15/h7,9H,3-6,12H2,1-2H3. The molecular weight excluding hydrogens is 204 g/mol. The molecule has 1 aromatic heterocycles. The molecule has 1 fully saturated rings. The lowest BCUT2D eigenvalue weighted by Crippen LogP contribution is -2.40. The molecule has 5 nitrogen and oxygen atoms in total. The van der Waals surface area contributed by atoms with Crippen molar-refractivity contribution in [1.29, 1.82) is 0 Å². The van der Waals surface area contributed by atoms with Gasteiger partial charge in [0.25, 0.3) is 0 Å². The van der Waals surface area contributed by atoms with Gasteiger partial charge in [0.05, 0.1) is 12.7 Å². The summed E-state index contributed by atoms with van der Waals surface area (Å²) in [4.78, 5) is 10.7. The highest BCUT2D eigenvalue weighted by atomic mass is 16.5. The van der Waals surface area contributed by atoms with Crippen LogP contribution in [0.5, 0.6) is 5.88 Å². The van der Waals surface area contributed by atoms with Crippen LogP contribution in [0, 0.1) is 6.92 Å². The van der Waals surface area contributed by atoms with E-state index in [2.05, 4.69) is 14.9 Å². The number of ether oxygens (including phenoxy) is 1. The molecule has 1 aliphatic heterocycles. The van der Waals surface area contributed by atoms with Crippen LogP contribution >= 0.6 is 0 Å². The van der Waals surface area contributed by atoms with Gasteiger partial charge in [-0.05, 0) is 19.8 Å². The van der Waals surface area contributed by atoms with E-state index in [1.807, 2.05) is 6.92 Å². The van der Waals surface area contributed by atoms with Gasteiger partial charge in [-0.1, -0.05) is 0 Å². The van der Waals surface area contributed by atoms with E-state index < -0.39 is 0 Å². The second-order valence-electron chi connectivity index (χ2n) is 4.16. The predicted molar refractivity (Wildman–Crippen MR) is 62.7 cm³/mol. The molecule has 1 aromatic rings. The third kappa shape index (κ3) is 2.09. The number of rotatable bonds is 2. The van der Waals surface area contributed by atoms with E-state index in [9.17, 15) is 0 Å². The second-order valence-corrected chi connectivity index (χ2v) is 4.16. The number of hydrogen-bond donors (Lipinski definition) is 1. The third-order valence-corrected chi connectivity index (χ3v) is 3.04. The lowest BCUT2D eigenvalue weighted by molar-refractivity contribution is 0.392. The van der Waals surface area contributed by atoms with Gasteiger partial charge in [-0.2, -0.15) is 0 Å². The van der Waals surface area contributed by atoms with Gasteiger partial charge >= 0.3 is 0 Å². The van der Waals surface area contributed by atoms with Crippen molar-refractivity contribution in [3.63, 3.8) is 0 Å². The van der Waals surface area contributed by atoms with Crippen molar-refractivity contribution in [2.24, 2.45) is 5.73 Å². The van der Waals surface area contributed by atoms with E-state index in [0.717, 1.165) is 37.3 Å². The number of piperidine rings is 1. The van der Waals surface area contributed by atoms with Crippen molar-refractivity contribution in [2.75, 3.05) is 25.1 Å². The molecule has 0 amide bonds. The van der Waals surface area contributed by atoms with Gasteiger partial charge in [0.2, 0.25) is 5.88 Å². The van der Waals surface area contributed by atoms with Crippen LogP contribution in [0.1, 0.15) is 18.4 Å². The van der Waals surface area contributed by atoms with E-state index in [4.69, 9.17) is 10.5 Å². The molecule has 0 atom stereocenters. The van der Waals surface area contributed by atoms with Gasteiger partial charge in [-0.15, -0.1) is 0 Å². The summed E-state index contributed by atoms with van der Waals surface area (Å²) in [5.41, 5.74) is 6.89. The minimum atomic E-state index is 0.334. The van der Waals surface area contributed by atoms with Crippen molar-refractivity contribution in [3.05, 3.63) is 11.9 Å². The Kier molecular flexibility index (Phi) is 3.24. The summed E-state index contributed by atoms with van der Waals surface area (Å²) in [5, 5.41) is 0. The van der Waals surface area contributed by atoms with Crippen molar-refractivity contribution in [3.8, 4) is 5.88 Å². The monoisotopic (exact) mass is 222 g/mol. The Labute approximate surface area is 95.6 Å². The van der Waals surface area contributed by atoms with E-state index in [1.54, 1.807) is 13.4 Å². The minimum Gasteiger partial charge on any atom is -0.481 e. The normalized spacial score (nSPS) is 17.6. The van der Waals surface area contributed by atoms with Crippen molar-refractivity contribution in [1.82, 2.24) is 9.97 Å². The predicted octanol–water partition coefficient (Wildman–Crippen LogP) is 0.721. The van der Waals surface area contributed by atoms with Crippen LogP contribution in [0.15, 0.2) is 6.33 Å². The van der Waals surface area contributed by atoms with Gasteiger partial charge in [0, 0.05) is 19.1 Å². The van der Waals surface area contributed by atoms with Crippen molar-refractivity contribution in [2.45, 2.75) is 25.8 Å². The first-order valence-electron chi connectivity index (χ1n) is 5.58. The van der Waals surface area contributed by atoms with Gasteiger partial charge in [0.15, 0.2) is 0 Å². The van der Waals surface area contributed by atoms with E-state index in [0.29, 0.717) is 11.9 Å². The molecule has 0 spiro atoms. The van der Waals surface area contributed by atoms with Gasteiger partial charge in [-0.25, -0.2) is 9.97 Å². The summed E-state index contributed by atoms with van der Waals surface area (Å²) < 4.78 is 5.20. The minimum absolute atomic E-state index is 0.334. The number of nitrogens with two attached hydrogens (primary N) is 1. The Morgan fingerprint density at radius 1 is 1.38 bits per heavy atom. The fourth-order valence-electron chi connectivity index (χ4n) is 2.06. The molecule has 0 unspecified atom stereocenters. The largest absolute Gasteiger partial charge is 0.481 e. The van der Waals surface area contributed by atoms with Crippen LogP contribution in [-0.4, -0.2) is 36.2 Å². The van der Waals surface area contributed by atoms with E-state index in [1.165, 1.54) is 0 Å². The summed E-state index contributed by atoms with van der Waals surface area (Å²) in [6.07, 6.45) is 3.59. The smallest absolute Gasteiger partial charge is 0.221 e. The molecule has 0 aromatic carbocycles. The molecule has 2 heterocycles. The maximum Gasteiger partial charge on any atom is 0.221 e. The summed E-state index contributed by atoms with van der Waals surface area (Å²) in [6, 6.07) is 0.334. The molecule has 0 bridgehead atoms. The number of nitrogens with zero attached hydrogens (tertiary/aromatic N) is 3. The van der Waals surface area contributed by atoms with Crippen LogP contribution in [-0.2, 0) is 0 Å². The zero-order chi connectivity index (χ0) is 11.5. The van der Waals surface area contributed by atoms with E-state index in [-0.39, 0.29) is 0 Å². The zero-order valence-corrected chi connectivity index (χ0v) is 9.81. The fraction of sp³-hybridized carbons (Fsp3) is 0.636. The van der Waals surface area contributed by atoms with Gasteiger partial charge < -0.3 is 15.4 Å². The van der Waals surface area contributed by atoms with E-state index >= 15 is 0 Å². The SMILES string of the molecule is COc1ncnc(N2CCC(N)CC2)c1C. The Bertz CT molecular complexity index is 361. The highest BCUT2D eigenvalue weighted by Gasteiger charge is 2.20. The number of aromatic nitrogens is 2. The highest BCUT2D eigenvalue weighted by Crippen LogP contribution is 2.25. The maximum atomic E-state index is 5.89. The summed E-state index contributed by atoms with van der Waals surface area (Å²) in [6.45, 7) is 3.91. The topological polar surface area (TPSA) is 64.3 Å². The first kappa shape index (κ1) is 11.1. The van der Waals surface area contributed by atoms with Crippen LogP contribution in [0.2, 0.25) is 0 Å². The molecule has 2 rings (SSSR count). The average molecular weight is 222 g/mol. The first-order chi connectivity index (χ1) is 7.72. The highest BCUT2D eigenvalue weighted by molar-refractivity contribution is 5.50. The molecule has 88 valence electrons. The average Bonchev–Trinajstić information content (AvgIpc) is 2.31. The summed E-state index contributed by atoms with van der Waals surface area (Å²) in [5.74, 6) is 1.62. The van der Waals surface area contributed by atoms with Crippen LogP contribution in [0.25, 0.3) is 0 Å². The quantitative estimate of drug-likeness (QED) is 0.798. The third-order valence-electron chi connectivity index (χ3n) is 3.04. The molecule has 5 heteroatoms. The number of hydrogen-bond acceptors (Lipinski definition) is 5. The molecular formula is C11H18N4O. The number of methoxy groups -OCH3 is 1. The Morgan fingerprint density at radius 2 is 2.06 bits per heavy atom. The van der Waals surface area contributed by atoms with Gasteiger partial charge in [0.1, 0.15) is 12.1 Å². The molecule has 0 radical (unpaired) electrons. The maximum absolute atomic E-state index is 5.89. The van der Waals surface area contributed by atoms with Crippen LogP contribution in [0.4, 0.5) is 5.82 Å². The Morgan fingerprint density at radius 3 is 2.69 bits per heavy atom. The molecule has 1 aliphatic rings. The van der Waals surface area contributed by atoms with Gasteiger partial charge in [-0.3, -0.25) is 0 Å². The summed E-state index contributed by atoms with van der Waals surface area (Å²) >= 11 is 0. The molecule has 16 heavy (non-hydrogen) atoms. The lowest BCUT2D eigenvalue weighted by Gasteiger charge is -2.31. The molecule has 0 aliphatic carbocycles. The zero-order valence-electron chi connectivity index (χ0n) is 9.81. The van der Waals surface area contributed by atoms with Crippen molar-refractivity contribution >= 4 is 5.82 Å². The van der Waals surface area contributed by atoms with Crippen LogP contribution < -0.4 is 15.4 Å².